The molecule has 2 aromatic rings. The fourth-order valence-corrected chi connectivity index (χ4v) is 2.78. The Morgan fingerprint density at radius 1 is 1.35 bits per heavy atom. The molecule has 0 aliphatic heterocycles. The van der Waals surface area contributed by atoms with Crippen LogP contribution in [-0.4, -0.2) is 21.4 Å². The number of carbonyl (C=O) groups is 2. The van der Waals surface area contributed by atoms with Gasteiger partial charge in [-0.3, -0.25) is 4.79 Å². The Hall–Kier alpha value is -1.73. The summed E-state index contributed by atoms with van der Waals surface area (Å²) in [5.74, 6) is -1.46. The fourth-order valence-electron chi connectivity index (χ4n) is 1.62. The number of aromatic nitrogens is 1. The minimum Gasteiger partial charge on any atom is -0.478 e. The maximum absolute atomic E-state index is 12.1. The van der Waals surface area contributed by atoms with E-state index in [4.69, 9.17) is 5.11 Å². The first-order valence-corrected chi connectivity index (χ1v) is 7.24. The average Bonchev–Trinajstić information content (AvgIpc) is 2.73. The molecule has 0 bridgehead atoms. The van der Waals surface area contributed by atoms with Gasteiger partial charge in [-0.2, -0.15) is 4.37 Å². The standard InChI is InChI=1S/C13H11BrN2O3S/c1-6-3-4-8(5-9(6)14)11(17)15-12-10(13(18)19)7(2)16-20-12/h3-5H,1-2H3,(H,15,17)(H,18,19). The van der Waals surface area contributed by atoms with Crippen LogP contribution < -0.4 is 5.32 Å². The molecule has 0 spiro atoms. The van der Waals surface area contributed by atoms with Crippen LogP contribution in [0, 0.1) is 13.8 Å². The summed E-state index contributed by atoms with van der Waals surface area (Å²) in [6, 6.07) is 5.19. The van der Waals surface area contributed by atoms with Crippen LogP contribution in [0.5, 0.6) is 0 Å². The number of nitrogens with zero attached hydrogens (tertiary/aromatic N) is 1. The lowest BCUT2D eigenvalue weighted by atomic mass is 10.1. The summed E-state index contributed by atoms with van der Waals surface area (Å²) < 4.78 is 4.78. The molecule has 0 saturated heterocycles. The number of rotatable bonds is 3. The highest BCUT2D eigenvalue weighted by Gasteiger charge is 2.19. The Labute approximate surface area is 127 Å². The number of carbonyl (C=O) groups excluding carboxylic acids is 1. The smallest absolute Gasteiger partial charge is 0.340 e. The Balaban J connectivity index is 2.28. The van der Waals surface area contributed by atoms with E-state index < -0.39 is 5.97 Å². The number of halogens is 1. The van der Waals surface area contributed by atoms with Crippen LogP contribution in [0.15, 0.2) is 22.7 Å². The summed E-state index contributed by atoms with van der Waals surface area (Å²) in [6.45, 7) is 3.51. The van der Waals surface area contributed by atoms with Crippen molar-refractivity contribution in [1.29, 1.82) is 0 Å². The van der Waals surface area contributed by atoms with Crippen LogP contribution in [0.1, 0.15) is 32.0 Å². The highest BCUT2D eigenvalue weighted by molar-refractivity contribution is 9.10. The minimum atomic E-state index is -1.10. The van der Waals surface area contributed by atoms with Gasteiger partial charge in [0.25, 0.3) is 5.91 Å². The lowest BCUT2D eigenvalue weighted by molar-refractivity contribution is 0.0697. The molecule has 5 nitrogen and oxygen atoms in total. The number of benzene rings is 1. The largest absolute Gasteiger partial charge is 0.478 e. The van der Waals surface area contributed by atoms with Crippen LogP contribution in [0.3, 0.4) is 0 Å². The summed E-state index contributed by atoms with van der Waals surface area (Å²) in [7, 11) is 0. The third kappa shape index (κ3) is 2.88. The summed E-state index contributed by atoms with van der Waals surface area (Å²) in [5.41, 5.74) is 1.89. The number of amides is 1. The minimum absolute atomic E-state index is 0.0366. The van der Waals surface area contributed by atoms with Gasteiger partial charge < -0.3 is 10.4 Å². The second-order valence-corrected chi connectivity index (χ2v) is 5.82. The van der Waals surface area contributed by atoms with Crippen LogP contribution in [-0.2, 0) is 0 Å². The van der Waals surface area contributed by atoms with E-state index >= 15 is 0 Å². The third-order valence-electron chi connectivity index (χ3n) is 2.74. The lowest BCUT2D eigenvalue weighted by Gasteiger charge is -2.05. The van der Waals surface area contributed by atoms with Crippen molar-refractivity contribution in [2.24, 2.45) is 0 Å². The van der Waals surface area contributed by atoms with Crippen molar-refractivity contribution in [1.82, 2.24) is 4.37 Å². The molecular formula is C13H11BrN2O3S. The molecule has 0 aliphatic carbocycles. The maximum atomic E-state index is 12.1. The number of anilines is 1. The average molecular weight is 355 g/mol. The molecule has 7 heteroatoms. The van der Waals surface area contributed by atoms with Crippen molar-refractivity contribution in [2.75, 3.05) is 5.32 Å². The van der Waals surface area contributed by atoms with Crippen molar-refractivity contribution in [3.05, 3.63) is 45.1 Å². The van der Waals surface area contributed by atoms with E-state index in [0.29, 0.717) is 11.3 Å². The fraction of sp³-hybridized carbons (Fsp3) is 0.154. The van der Waals surface area contributed by atoms with Gasteiger partial charge in [-0.15, -0.1) is 0 Å². The predicted octanol–water partition coefficient (Wildman–Crippen LogP) is 3.47. The Bertz CT molecular complexity index is 697. The highest BCUT2D eigenvalue weighted by atomic mass is 79.9. The third-order valence-corrected chi connectivity index (χ3v) is 4.45. The highest BCUT2D eigenvalue weighted by Crippen LogP contribution is 2.25. The molecule has 1 heterocycles. The summed E-state index contributed by atoms with van der Waals surface area (Å²) >= 11 is 4.32. The number of nitrogens with one attached hydrogen (secondary N) is 1. The summed E-state index contributed by atoms with van der Waals surface area (Å²) in [5, 5.41) is 11.9. The molecule has 0 fully saturated rings. The van der Waals surface area contributed by atoms with Crippen LogP contribution in [0.4, 0.5) is 5.00 Å². The second-order valence-electron chi connectivity index (χ2n) is 4.20. The second kappa shape index (κ2) is 5.72. The van der Waals surface area contributed by atoms with Gasteiger partial charge in [0.05, 0.1) is 5.69 Å². The molecule has 104 valence electrons. The van der Waals surface area contributed by atoms with Gasteiger partial charge in [0.15, 0.2) is 0 Å². The van der Waals surface area contributed by atoms with Crippen LogP contribution in [0.25, 0.3) is 0 Å². The molecule has 0 radical (unpaired) electrons. The quantitative estimate of drug-likeness (QED) is 0.884. The molecule has 1 amide bonds. The Morgan fingerprint density at radius 3 is 2.65 bits per heavy atom. The number of aryl methyl sites for hydroxylation is 2. The zero-order valence-corrected chi connectivity index (χ0v) is 13.1. The van der Waals surface area contributed by atoms with Crippen molar-refractivity contribution in [3.8, 4) is 0 Å². The van der Waals surface area contributed by atoms with Gasteiger partial charge in [-0.05, 0) is 43.1 Å². The number of aromatic carboxylic acids is 1. The molecule has 0 unspecified atom stereocenters. The molecule has 1 aromatic heterocycles. The number of carboxylic acid groups (broad SMARTS) is 1. The van der Waals surface area contributed by atoms with Crippen LogP contribution in [0.2, 0.25) is 0 Å². The molecule has 0 saturated carbocycles. The molecule has 0 atom stereocenters. The van der Waals surface area contributed by atoms with Gasteiger partial charge in [0, 0.05) is 10.0 Å². The summed E-state index contributed by atoms with van der Waals surface area (Å²) in [6.07, 6.45) is 0. The van der Waals surface area contributed by atoms with Gasteiger partial charge >= 0.3 is 5.97 Å². The van der Waals surface area contributed by atoms with Crippen molar-refractivity contribution >= 4 is 44.3 Å². The van der Waals surface area contributed by atoms with Gasteiger partial charge in [-0.25, -0.2) is 4.79 Å². The first-order chi connectivity index (χ1) is 9.40. The predicted molar refractivity (Wildman–Crippen MR) is 80.6 cm³/mol. The van der Waals surface area contributed by atoms with Crippen molar-refractivity contribution < 1.29 is 14.7 Å². The number of hydrogen-bond acceptors (Lipinski definition) is 4. The molecular weight excluding hydrogens is 344 g/mol. The molecule has 2 rings (SSSR count). The van der Waals surface area contributed by atoms with E-state index in [2.05, 4.69) is 25.6 Å². The van der Waals surface area contributed by atoms with Crippen molar-refractivity contribution in [3.63, 3.8) is 0 Å². The number of hydrogen-bond donors (Lipinski definition) is 2. The van der Waals surface area contributed by atoms with Gasteiger partial charge in [-0.1, -0.05) is 22.0 Å². The van der Waals surface area contributed by atoms with E-state index in [0.717, 1.165) is 21.6 Å². The SMILES string of the molecule is Cc1ccc(C(=O)Nc2snc(C)c2C(=O)O)cc1Br. The lowest BCUT2D eigenvalue weighted by Crippen LogP contribution is -2.13. The monoisotopic (exact) mass is 354 g/mol. The number of carboxylic acids is 1. The zero-order valence-electron chi connectivity index (χ0n) is 10.7. The molecule has 1 aromatic carbocycles. The van der Waals surface area contributed by atoms with Crippen LogP contribution >= 0.6 is 27.5 Å². The maximum Gasteiger partial charge on any atom is 0.340 e. The van der Waals surface area contributed by atoms with Gasteiger partial charge in [0.1, 0.15) is 10.6 Å². The normalized spacial score (nSPS) is 10.3. The zero-order chi connectivity index (χ0) is 14.9. The van der Waals surface area contributed by atoms with Gasteiger partial charge in [0.2, 0.25) is 0 Å². The first kappa shape index (κ1) is 14.7. The topological polar surface area (TPSA) is 79.3 Å². The Morgan fingerprint density at radius 2 is 2.05 bits per heavy atom. The van der Waals surface area contributed by atoms with E-state index in [-0.39, 0.29) is 16.5 Å². The van der Waals surface area contributed by atoms with E-state index in [1.807, 2.05) is 13.0 Å². The molecule has 0 aliphatic rings. The molecule has 20 heavy (non-hydrogen) atoms. The van der Waals surface area contributed by atoms with E-state index in [1.54, 1.807) is 19.1 Å². The van der Waals surface area contributed by atoms with E-state index in [1.165, 1.54) is 0 Å². The first-order valence-electron chi connectivity index (χ1n) is 5.67. The van der Waals surface area contributed by atoms with E-state index in [9.17, 15) is 9.59 Å². The van der Waals surface area contributed by atoms with Crippen molar-refractivity contribution in [2.45, 2.75) is 13.8 Å². The molecule has 2 N–H and O–H groups in total. The Kier molecular flexibility index (Phi) is 4.20. The summed E-state index contributed by atoms with van der Waals surface area (Å²) in [4.78, 5) is 23.2.